The van der Waals surface area contributed by atoms with E-state index in [9.17, 15) is 19.2 Å². The number of rotatable bonds is 4. The molecule has 0 bridgehead atoms. The Hall–Kier alpha value is -4.08. The molecule has 26 heavy (non-hydrogen) atoms. The maximum atomic E-state index is 11.0. The summed E-state index contributed by atoms with van der Waals surface area (Å²) >= 11 is 0. The number of phenols is 1. The van der Waals surface area contributed by atoms with Gasteiger partial charge in [-0.15, -0.1) is 0 Å². The summed E-state index contributed by atoms with van der Waals surface area (Å²) in [6, 6.07) is 7.56. The van der Waals surface area contributed by atoms with Gasteiger partial charge in [0.15, 0.2) is 0 Å². The lowest BCUT2D eigenvalue weighted by molar-refractivity contribution is 0.0693. The number of hydrogen-bond donors (Lipinski definition) is 6. The maximum absolute atomic E-state index is 11.0. The molecule has 0 spiro atoms. The van der Waals surface area contributed by atoms with Crippen molar-refractivity contribution in [2.24, 2.45) is 17.2 Å². The Bertz CT molecular complexity index is 894. The third-order valence-corrected chi connectivity index (χ3v) is 3.09. The molecule has 10 N–H and O–H groups in total. The van der Waals surface area contributed by atoms with E-state index in [1.165, 1.54) is 30.3 Å². The summed E-state index contributed by atoms with van der Waals surface area (Å²) < 4.78 is 0. The number of aromatic carboxylic acids is 1. The zero-order chi connectivity index (χ0) is 20.0. The molecule has 0 unspecified atom stereocenters. The standard InChI is InChI=1S/C9H9N3O3.C7H7NO3/c10-7(13)4-1-2-5(8(11)14)6(3-4)9(12)15;8-4-1-2-5(7(10)11)6(9)3-4/h1-3H,(H2,10,13)(H2,11,14)(H2,12,15);1-3,9H,8H2,(H,10,11). The fraction of sp³-hybridized carbons (Fsp3) is 0. The lowest BCUT2D eigenvalue weighted by Crippen LogP contribution is -2.22. The monoisotopic (exact) mass is 360 g/mol. The molecule has 0 saturated heterocycles. The highest BCUT2D eigenvalue weighted by Crippen LogP contribution is 2.19. The number of primary amides is 3. The predicted molar refractivity (Wildman–Crippen MR) is 91.5 cm³/mol. The number of hydrogen-bond acceptors (Lipinski definition) is 6. The molecule has 0 saturated carbocycles. The van der Waals surface area contributed by atoms with E-state index in [0.717, 1.165) is 6.07 Å². The van der Waals surface area contributed by atoms with Gasteiger partial charge in [0.2, 0.25) is 17.7 Å². The molecule has 0 aliphatic heterocycles. The molecule has 10 heteroatoms. The SMILES string of the molecule is NC(=O)c1ccc(C(N)=O)c(C(N)=O)c1.Nc1ccc(C(=O)O)c(O)c1. The summed E-state index contributed by atoms with van der Waals surface area (Å²) in [5.41, 5.74) is 20.5. The fourth-order valence-corrected chi connectivity index (χ4v) is 1.85. The summed E-state index contributed by atoms with van der Waals surface area (Å²) in [7, 11) is 0. The van der Waals surface area contributed by atoms with Gasteiger partial charge in [-0.25, -0.2) is 4.79 Å². The smallest absolute Gasteiger partial charge is 0.339 e. The van der Waals surface area contributed by atoms with Crippen molar-refractivity contribution in [1.29, 1.82) is 0 Å². The summed E-state index contributed by atoms with van der Waals surface area (Å²) in [6.07, 6.45) is 0. The van der Waals surface area contributed by atoms with Crippen molar-refractivity contribution in [3.63, 3.8) is 0 Å². The van der Waals surface area contributed by atoms with E-state index in [2.05, 4.69) is 0 Å². The zero-order valence-corrected chi connectivity index (χ0v) is 13.3. The highest BCUT2D eigenvalue weighted by Gasteiger charge is 2.14. The third kappa shape index (κ3) is 4.96. The van der Waals surface area contributed by atoms with Gasteiger partial charge in [0.25, 0.3) is 0 Å². The van der Waals surface area contributed by atoms with Crippen LogP contribution in [0, 0.1) is 0 Å². The van der Waals surface area contributed by atoms with Crippen LogP contribution in [0.15, 0.2) is 36.4 Å². The molecule has 136 valence electrons. The molecule has 0 aliphatic rings. The number of nitrogens with two attached hydrogens (primary N) is 4. The number of aromatic hydroxyl groups is 1. The number of carboxylic acids is 1. The number of carbonyl (C=O) groups is 4. The van der Waals surface area contributed by atoms with Gasteiger partial charge in [-0.05, 0) is 30.3 Å². The number of anilines is 1. The molecule has 3 amide bonds. The minimum atomic E-state index is -1.16. The number of carbonyl (C=O) groups excluding carboxylic acids is 3. The normalized spacial score (nSPS) is 9.54. The van der Waals surface area contributed by atoms with E-state index >= 15 is 0 Å². The van der Waals surface area contributed by atoms with Gasteiger partial charge in [0, 0.05) is 17.3 Å². The summed E-state index contributed by atoms with van der Waals surface area (Å²) in [5.74, 6) is -3.82. The first-order chi connectivity index (χ1) is 12.0. The van der Waals surface area contributed by atoms with E-state index in [4.69, 9.17) is 33.1 Å². The van der Waals surface area contributed by atoms with Crippen molar-refractivity contribution in [1.82, 2.24) is 0 Å². The van der Waals surface area contributed by atoms with Gasteiger partial charge in [0.1, 0.15) is 11.3 Å². The molecule has 0 aliphatic carbocycles. The summed E-state index contributed by atoms with van der Waals surface area (Å²) in [4.78, 5) is 43.0. The largest absolute Gasteiger partial charge is 0.507 e. The number of nitrogen functional groups attached to an aromatic ring is 1. The van der Waals surface area contributed by atoms with Crippen LogP contribution < -0.4 is 22.9 Å². The average molecular weight is 360 g/mol. The first kappa shape index (κ1) is 20.0. The molecule has 0 atom stereocenters. The van der Waals surface area contributed by atoms with Gasteiger partial charge in [-0.2, -0.15) is 0 Å². The molecule has 10 nitrogen and oxygen atoms in total. The topological polar surface area (TPSA) is 213 Å². The van der Waals surface area contributed by atoms with Crippen molar-refractivity contribution in [2.45, 2.75) is 0 Å². The lowest BCUT2D eigenvalue weighted by atomic mass is 10.0. The van der Waals surface area contributed by atoms with Crippen molar-refractivity contribution < 1.29 is 29.4 Å². The Labute approximate surface area is 147 Å². The molecule has 2 rings (SSSR count). The van der Waals surface area contributed by atoms with E-state index < -0.39 is 23.7 Å². The molecular formula is C16H16N4O6. The molecule has 0 radical (unpaired) electrons. The van der Waals surface area contributed by atoms with Crippen LogP contribution >= 0.6 is 0 Å². The summed E-state index contributed by atoms with van der Waals surface area (Å²) in [6.45, 7) is 0. The summed E-state index contributed by atoms with van der Waals surface area (Å²) in [5, 5.41) is 17.5. The Kier molecular flexibility index (Phi) is 6.26. The minimum absolute atomic E-state index is 0.0347. The second-order valence-electron chi connectivity index (χ2n) is 4.93. The number of carboxylic acid groups (broad SMARTS) is 1. The minimum Gasteiger partial charge on any atom is -0.507 e. The van der Waals surface area contributed by atoms with Crippen LogP contribution in [-0.4, -0.2) is 33.9 Å². The van der Waals surface area contributed by atoms with E-state index in [1.54, 1.807) is 0 Å². The van der Waals surface area contributed by atoms with Crippen LogP contribution in [0.5, 0.6) is 5.75 Å². The number of amides is 3. The molecule has 2 aromatic carbocycles. The maximum Gasteiger partial charge on any atom is 0.339 e. The Morgan fingerprint density at radius 2 is 1.27 bits per heavy atom. The third-order valence-electron chi connectivity index (χ3n) is 3.09. The van der Waals surface area contributed by atoms with Gasteiger partial charge < -0.3 is 33.1 Å². The van der Waals surface area contributed by atoms with Crippen LogP contribution in [0.1, 0.15) is 41.4 Å². The first-order valence-corrected chi connectivity index (χ1v) is 6.89. The highest BCUT2D eigenvalue weighted by molar-refractivity contribution is 6.08. The van der Waals surface area contributed by atoms with Gasteiger partial charge >= 0.3 is 5.97 Å². The molecule has 0 heterocycles. The van der Waals surface area contributed by atoms with Crippen molar-refractivity contribution >= 4 is 29.4 Å². The second kappa shape index (κ2) is 8.15. The van der Waals surface area contributed by atoms with Crippen LogP contribution in [0.4, 0.5) is 5.69 Å². The van der Waals surface area contributed by atoms with E-state index in [-0.39, 0.29) is 28.0 Å². The van der Waals surface area contributed by atoms with E-state index in [1.807, 2.05) is 0 Å². The van der Waals surface area contributed by atoms with Crippen LogP contribution in [0.2, 0.25) is 0 Å². The number of benzene rings is 2. The van der Waals surface area contributed by atoms with Crippen molar-refractivity contribution in [2.75, 3.05) is 5.73 Å². The van der Waals surface area contributed by atoms with E-state index in [0.29, 0.717) is 5.69 Å². The van der Waals surface area contributed by atoms with Gasteiger partial charge in [-0.3, -0.25) is 14.4 Å². The second-order valence-corrected chi connectivity index (χ2v) is 4.93. The molecule has 0 aromatic heterocycles. The molecule has 0 fully saturated rings. The van der Waals surface area contributed by atoms with Crippen LogP contribution in [-0.2, 0) is 0 Å². The lowest BCUT2D eigenvalue weighted by Gasteiger charge is -2.04. The quantitative estimate of drug-likeness (QED) is 0.398. The molecule has 2 aromatic rings. The zero-order valence-electron chi connectivity index (χ0n) is 13.3. The van der Waals surface area contributed by atoms with Gasteiger partial charge in [-0.1, -0.05) is 0 Å². The predicted octanol–water partition coefficient (Wildman–Crippen LogP) is -0.344. The Morgan fingerprint density at radius 1 is 0.731 bits per heavy atom. The van der Waals surface area contributed by atoms with Crippen LogP contribution in [0.3, 0.4) is 0 Å². The first-order valence-electron chi connectivity index (χ1n) is 6.89. The highest BCUT2D eigenvalue weighted by atomic mass is 16.4. The average Bonchev–Trinajstić information content (AvgIpc) is 2.54. The Balaban J connectivity index is 0.000000273. The molecular weight excluding hydrogens is 344 g/mol. The Morgan fingerprint density at radius 3 is 1.69 bits per heavy atom. The van der Waals surface area contributed by atoms with Gasteiger partial charge in [0.05, 0.1) is 11.1 Å². The van der Waals surface area contributed by atoms with Crippen LogP contribution in [0.25, 0.3) is 0 Å². The van der Waals surface area contributed by atoms with Crippen molar-refractivity contribution in [3.05, 3.63) is 58.7 Å². The fourth-order valence-electron chi connectivity index (χ4n) is 1.85. The van der Waals surface area contributed by atoms with Crippen molar-refractivity contribution in [3.8, 4) is 5.75 Å².